The Hall–Kier alpha value is -2.67. The summed E-state index contributed by atoms with van der Waals surface area (Å²) in [6.45, 7) is 5.45. The lowest BCUT2D eigenvalue weighted by molar-refractivity contribution is -0.118. The summed E-state index contributed by atoms with van der Waals surface area (Å²) in [5.74, 6) is -0.120. The van der Waals surface area contributed by atoms with Crippen LogP contribution < -0.4 is 15.5 Å². The van der Waals surface area contributed by atoms with E-state index in [1.54, 1.807) is 4.90 Å². The van der Waals surface area contributed by atoms with Gasteiger partial charge in [-0.15, -0.1) is 0 Å². The van der Waals surface area contributed by atoms with Crippen molar-refractivity contribution in [3.63, 3.8) is 0 Å². The highest BCUT2D eigenvalue weighted by atomic mass is 16.2. The number of anilines is 2. The van der Waals surface area contributed by atoms with Crippen molar-refractivity contribution in [1.29, 1.82) is 0 Å². The first-order chi connectivity index (χ1) is 12.0. The van der Waals surface area contributed by atoms with Crippen LogP contribution in [0, 0.1) is 6.92 Å². The number of amides is 2. The van der Waals surface area contributed by atoms with E-state index in [1.165, 1.54) is 0 Å². The third-order valence-corrected chi connectivity index (χ3v) is 4.18. The Morgan fingerprint density at radius 1 is 1.40 bits per heavy atom. The van der Waals surface area contributed by atoms with Crippen molar-refractivity contribution in [1.82, 2.24) is 15.1 Å². The summed E-state index contributed by atoms with van der Waals surface area (Å²) in [4.78, 5) is 26.4. The number of aromatic nitrogens is 2. The van der Waals surface area contributed by atoms with Crippen molar-refractivity contribution in [2.45, 2.75) is 32.9 Å². The zero-order valence-corrected chi connectivity index (χ0v) is 14.5. The van der Waals surface area contributed by atoms with Crippen LogP contribution in [-0.4, -0.2) is 40.7 Å². The first-order valence-electron chi connectivity index (χ1n) is 8.45. The van der Waals surface area contributed by atoms with E-state index in [9.17, 15) is 9.59 Å². The molecule has 2 aromatic rings. The minimum absolute atomic E-state index is 0.0481. The molecule has 2 N–H and O–H groups in total. The molecule has 0 aliphatic carbocycles. The van der Waals surface area contributed by atoms with Crippen molar-refractivity contribution < 1.29 is 9.59 Å². The summed E-state index contributed by atoms with van der Waals surface area (Å²) in [6, 6.07) is 7.21. The SMILES string of the molecule is Cc1cnn(CCNCC(=O)N2c3ccccc3NC(=O)CC2C)c1. The third kappa shape index (κ3) is 4.06. The van der Waals surface area contributed by atoms with Crippen LogP contribution in [0.2, 0.25) is 0 Å². The Balaban J connectivity index is 1.63. The molecule has 1 atom stereocenters. The number of rotatable bonds is 5. The molecule has 0 saturated carbocycles. The number of nitrogens with zero attached hydrogens (tertiary/aromatic N) is 3. The molecule has 132 valence electrons. The Bertz CT molecular complexity index is 770. The first kappa shape index (κ1) is 17.2. The molecule has 0 saturated heterocycles. The number of hydrogen-bond acceptors (Lipinski definition) is 4. The predicted molar refractivity (Wildman–Crippen MR) is 96.5 cm³/mol. The molecule has 0 bridgehead atoms. The molecule has 3 rings (SSSR count). The smallest absolute Gasteiger partial charge is 0.241 e. The van der Waals surface area contributed by atoms with Gasteiger partial charge in [0.2, 0.25) is 11.8 Å². The topological polar surface area (TPSA) is 79.3 Å². The van der Waals surface area contributed by atoms with Crippen molar-refractivity contribution in [2.24, 2.45) is 0 Å². The molecule has 1 aromatic heterocycles. The molecular weight excluding hydrogens is 318 g/mol. The molecule has 2 amide bonds. The van der Waals surface area contributed by atoms with Crippen molar-refractivity contribution in [2.75, 3.05) is 23.3 Å². The minimum Gasteiger partial charge on any atom is -0.324 e. The predicted octanol–water partition coefficient (Wildman–Crippen LogP) is 1.55. The van der Waals surface area contributed by atoms with Gasteiger partial charge in [-0.05, 0) is 31.5 Å². The van der Waals surface area contributed by atoms with Gasteiger partial charge in [-0.3, -0.25) is 14.3 Å². The van der Waals surface area contributed by atoms with Crippen LogP contribution in [0.3, 0.4) is 0 Å². The molecule has 0 spiro atoms. The van der Waals surface area contributed by atoms with Crippen LogP contribution in [0.4, 0.5) is 11.4 Å². The third-order valence-electron chi connectivity index (χ3n) is 4.18. The van der Waals surface area contributed by atoms with E-state index in [4.69, 9.17) is 0 Å². The summed E-state index contributed by atoms with van der Waals surface area (Å²) >= 11 is 0. The Kier molecular flexibility index (Phi) is 5.14. The van der Waals surface area contributed by atoms with Gasteiger partial charge in [-0.25, -0.2) is 0 Å². The second-order valence-electron chi connectivity index (χ2n) is 6.34. The highest BCUT2D eigenvalue weighted by molar-refractivity contribution is 6.04. The van der Waals surface area contributed by atoms with Gasteiger partial charge in [0.15, 0.2) is 0 Å². The van der Waals surface area contributed by atoms with Gasteiger partial charge in [0, 0.05) is 25.2 Å². The summed E-state index contributed by atoms with van der Waals surface area (Å²) in [6.07, 6.45) is 4.06. The molecule has 25 heavy (non-hydrogen) atoms. The van der Waals surface area contributed by atoms with Crippen LogP contribution in [0.5, 0.6) is 0 Å². The zero-order valence-electron chi connectivity index (χ0n) is 14.5. The quantitative estimate of drug-likeness (QED) is 0.809. The fourth-order valence-electron chi connectivity index (χ4n) is 3.03. The van der Waals surface area contributed by atoms with Gasteiger partial charge in [0.05, 0.1) is 30.7 Å². The van der Waals surface area contributed by atoms with E-state index in [0.717, 1.165) is 11.3 Å². The standard InChI is InChI=1S/C18H23N5O2/c1-13-10-20-22(12-13)8-7-19-11-18(25)23-14(2)9-17(24)21-15-5-3-4-6-16(15)23/h3-6,10,12,14,19H,7-9,11H2,1-2H3,(H,21,24). The lowest BCUT2D eigenvalue weighted by atomic mass is 10.1. The van der Waals surface area contributed by atoms with E-state index < -0.39 is 0 Å². The molecule has 1 aliphatic heterocycles. The average molecular weight is 341 g/mol. The maximum atomic E-state index is 12.7. The van der Waals surface area contributed by atoms with E-state index in [2.05, 4.69) is 15.7 Å². The lowest BCUT2D eigenvalue weighted by Gasteiger charge is -2.28. The number of fused-ring (bicyclic) bond motifs is 1. The van der Waals surface area contributed by atoms with Crippen LogP contribution in [0.25, 0.3) is 0 Å². The highest BCUT2D eigenvalue weighted by Gasteiger charge is 2.29. The number of nitrogens with one attached hydrogen (secondary N) is 2. The molecule has 2 heterocycles. The number of benzene rings is 1. The molecule has 1 aliphatic rings. The Morgan fingerprint density at radius 3 is 2.96 bits per heavy atom. The molecule has 0 radical (unpaired) electrons. The summed E-state index contributed by atoms with van der Waals surface area (Å²) in [7, 11) is 0. The van der Waals surface area contributed by atoms with Crippen LogP contribution in [-0.2, 0) is 16.1 Å². The van der Waals surface area contributed by atoms with Gasteiger partial charge >= 0.3 is 0 Å². The van der Waals surface area contributed by atoms with Gasteiger partial charge < -0.3 is 15.5 Å². The molecule has 7 heteroatoms. The Morgan fingerprint density at radius 2 is 2.20 bits per heavy atom. The van der Waals surface area contributed by atoms with Crippen LogP contribution in [0.15, 0.2) is 36.7 Å². The van der Waals surface area contributed by atoms with Crippen molar-refractivity contribution in [3.8, 4) is 0 Å². The fourth-order valence-corrected chi connectivity index (χ4v) is 3.03. The van der Waals surface area contributed by atoms with Crippen LogP contribution in [0.1, 0.15) is 18.9 Å². The van der Waals surface area contributed by atoms with Gasteiger partial charge in [0.1, 0.15) is 0 Å². The summed E-state index contributed by atoms with van der Waals surface area (Å²) in [5.41, 5.74) is 2.54. The lowest BCUT2D eigenvalue weighted by Crippen LogP contribution is -2.44. The average Bonchev–Trinajstić information content (AvgIpc) is 2.92. The summed E-state index contributed by atoms with van der Waals surface area (Å²) in [5, 5.41) is 10.3. The van der Waals surface area contributed by atoms with Crippen molar-refractivity contribution >= 4 is 23.2 Å². The maximum Gasteiger partial charge on any atom is 0.241 e. The van der Waals surface area contributed by atoms with Crippen LogP contribution >= 0.6 is 0 Å². The summed E-state index contributed by atoms with van der Waals surface area (Å²) < 4.78 is 1.85. The number of hydrogen-bond donors (Lipinski definition) is 2. The second kappa shape index (κ2) is 7.48. The molecular formula is C18H23N5O2. The first-order valence-corrected chi connectivity index (χ1v) is 8.45. The van der Waals surface area contributed by atoms with E-state index in [-0.39, 0.29) is 30.8 Å². The van der Waals surface area contributed by atoms with E-state index in [1.807, 2.05) is 55.2 Å². The number of carbonyl (C=O) groups is 2. The van der Waals surface area contributed by atoms with Gasteiger partial charge in [0.25, 0.3) is 0 Å². The molecule has 1 unspecified atom stereocenters. The fraction of sp³-hybridized carbons (Fsp3) is 0.389. The van der Waals surface area contributed by atoms with E-state index in [0.29, 0.717) is 18.8 Å². The molecule has 0 fully saturated rings. The number of carbonyl (C=O) groups excluding carboxylic acids is 2. The number of para-hydroxylation sites is 2. The normalized spacial score (nSPS) is 17.0. The highest BCUT2D eigenvalue weighted by Crippen LogP contribution is 2.31. The maximum absolute atomic E-state index is 12.7. The molecule has 7 nitrogen and oxygen atoms in total. The van der Waals surface area contributed by atoms with E-state index >= 15 is 0 Å². The number of aryl methyl sites for hydroxylation is 1. The largest absolute Gasteiger partial charge is 0.324 e. The van der Waals surface area contributed by atoms with Gasteiger partial charge in [-0.1, -0.05) is 12.1 Å². The zero-order chi connectivity index (χ0) is 17.8. The van der Waals surface area contributed by atoms with Crippen molar-refractivity contribution in [3.05, 3.63) is 42.2 Å². The molecule has 1 aromatic carbocycles. The second-order valence-corrected chi connectivity index (χ2v) is 6.34. The van der Waals surface area contributed by atoms with Gasteiger partial charge in [-0.2, -0.15) is 5.10 Å². The minimum atomic E-state index is -0.188. The monoisotopic (exact) mass is 341 g/mol. The Labute approximate surface area is 147 Å².